The van der Waals surface area contributed by atoms with Gasteiger partial charge in [0.2, 0.25) is 0 Å². The zero-order valence-electron chi connectivity index (χ0n) is 12.1. The number of benzene rings is 1. The van der Waals surface area contributed by atoms with E-state index in [2.05, 4.69) is 9.64 Å². The van der Waals surface area contributed by atoms with Gasteiger partial charge in [0.25, 0.3) is 0 Å². The summed E-state index contributed by atoms with van der Waals surface area (Å²) in [6.45, 7) is 6.27. The summed E-state index contributed by atoms with van der Waals surface area (Å²) in [5.74, 6) is -0.156. The Balaban J connectivity index is 1.83. The van der Waals surface area contributed by atoms with Crippen molar-refractivity contribution in [3.05, 3.63) is 29.3 Å². The molecule has 0 radical (unpaired) electrons. The van der Waals surface area contributed by atoms with Gasteiger partial charge in [-0.15, -0.1) is 13.2 Å². The van der Waals surface area contributed by atoms with E-state index >= 15 is 0 Å². The van der Waals surface area contributed by atoms with Crippen molar-refractivity contribution in [2.45, 2.75) is 26.1 Å². The molecule has 0 atom stereocenters. The summed E-state index contributed by atoms with van der Waals surface area (Å²) in [7, 11) is 0. The SMILES string of the molecule is Cc1cc(OC(F)(F)F)ccc1CCCN1CCOCC1. The molecule has 1 saturated heterocycles. The summed E-state index contributed by atoms with van der Waals surface area (Å²) < 4.78 is 45.6. The first kappa shape index (κ1) is 16.1. The molecule has 1 aromatic rings. The number of ether oxygens (including phenoxy) is 2. The van der Waals surface area contributed by atoms with Crippen LogP contribution in [0.2, 0.25) is 0 Å². The number of hydrogen-bond acceptors (Lipinski definition) is 3. The van der Waals surface area contributed by atoms with Crippen molar-refractivity contribution < 1.29 is 22.6 Å². The number of aryl methyl sites for hydroxylation is 2. The van der Waals surface area contributed by atoms with E-state index < -0.39 is 6.36 Å². The third-order valence-corrected chi connectivity index (χ3v) is 3.57. The molecular weight excluding hydrogens is 283 g/mol. The van der Waals surface area contributed by atoms with Gasteiger partial charge >= 0.3 is 6.36 Å². The number of hydrogen-bond donors (Lipinski definition) is 0. The van der Waals surface area contributed by atoms with E-state index in [1.807, 2.05) is 6.92 Å². The minimum absolute atomic E-state index is 0.156. The zero-order valence-corrected chi connectivity index (χ0v) is 12.1. The fourth-order valence-electron chi connectivity index (χ4n) is 2.46. The molecule has 0 spiro atoms. The van der Waals surface area contributed by atoms with Crippen LogP contribution in [0.25, 0.3) is 0 Å². The summed E-state index contributed by atoms with van der Waals surface area (Å²) >= 11 is 0. The molecule has 1 aliphatic heterocycles. The molecule has 0 bridgehead atoms. The van der Waals surface area contributed by atoms with Gasteiger partial charge in [-0.3, -0.25) is 4.90 Å². The Morgan fingerprint density at radius 1 is 1.24 bits per heavy atom. The molecule has 0 N–H and O–H groups in total. The van der Waals surface area contributed by atoms with Crippen LogP contribution in [0, 0.1) is 6.92 Å². The summed E-state index contributed by atoms with van der Waals surface area (Å²) in [5, 5.41) is 0. The number of morpholine rings is 1. The van der Waals surface area contributed by atoms with E-state index in [9.17, 15) is 13.2 Å². The molecular formula is C15H20F3NO2. The molecule has 1 aliphatic rings. The topological polar surface area (TPSA) is 21.7 Å². The minimum Gasteiger partial charge on any atom is -0.406 e. The molecule has 0 amide bonds. The lowest BCUT2D eigenvalue weighted by atomic mass is 10.0. The van der Waals surface area contributed by atoms with Gasteiger partial charge in [0.05, 0.1) is 13.2 Å². The predicted molar refractivity (Wildman–Crippen MR) is 73.4 cm³/mol. The third kappa shape index (κ3) is 5.55. The molecule has 0 aliphatic carbocycles. The van der Waals surface area contributed by atoms with Crippen LogP contribution in [0.4, 0.5) is 13.2 Å². The van der Waals surface area contributed by atoms with E-state index in [0.717, 1.165) is 56.8 Å². The minimum atomic E-state index is -4.63. The molecule has 1 aromatic carbocycles. The van der Waals surface area contributed by atoms with Gasteiger partial charge in [0.1, 0.15) is 5.75 Å². The van der Waals surface area contributed by atoms with Crippen molar-refractivity contribution in [1.29, 1.82) is 0 Å². The van der Waals surface area contributed by atoms with E-state index in [1.54, 1.807) is 6.07 Å². The van der Waals surface area contributed by atoms with Crippen LogP contribution in [0.3, 0.4) is 0 Å². The van der Waals surface area contributed by atoms with Crippen molar-refractivity contribution >= 4 is 0 Å². The molecule has 1 heterocycles. The molecule has 2 rings (SSSR count). The number of halogens is 3. The molecule has 6 heteroatoms. The lowest BCUT2D eigenvalue weighted by Crippen LogP contribution is -2.36. The Morgan fingerprint density at radius 3 is 2.57 bits per heavy atom. The lowest BCUT2D eigenvalue weighted by Gasteiger charge is -2.26. The van der Waals surface area contributed by atoms with Gasteiger partial charge in [-0.05, 0) is 49.6 Å². The Hall–Kier alpha value is -1.27. The zero-order chi connectivity index (χ0) is 15.3. The highest BCUT2D eigenvalue weighted by molar-refractivity contribution is 5.35. The highest BCUT2D eigenvalue weighted by atomic mass is 19.4. The van der Waals surface area contributed by atoms with E-state index in [-0.39, 0.29) is 5.75 Å². The first-order valence-electron chi connectivity index (χ1n) is 7.09. The van der Waals surface area contributed by atoms with Crippen molar-refractivity contribution in [2.24, 2.45) is 0 Å². The van der Waals surface area contributed by atoms with Gasteiger partial charge in [-0.25, -0.2) is 0 Å². The standard InChI is InChI=1S/C15H20F3NO2/c1-12-11-14(21-15(16,17)18)5-4-13(12)3-2-6-19-7-9-20-10-8-19/h4-5,11H,2-3,6-10H2,1H3. The van der Waals surface area contributed by atoms with E-state index in [1.165, 1.54) is 12.1 Å². The molecule has 0 aromatic heterocycles. The van der Waals surface area contributed by atoms with Crippen LogP contribution in [-0.2, 0) is 11.2 Å². The second kappa shape index (κ2) is 7.13. The predicted octanol–water partition coefficient (Wildman–Crippen LogP) is 3.16. The maximum absolute atomic E-state index is 12.1. The lowest BCUT2D eigenvalue weighted by molar-refractivity contribution is -0.274. The number of rotatable bonds is 5. The van der Waals surface area contributed by atoms with Crippen LogP contribution in [0.5, 0.6) is 5.75 Å². The van der Waals surface area contributed by atoms with Crippen molar-refractivity contribution in [3.63, 3.8) is 0 Å². The maximum Gasteiger partial charge on any atom is 0.573 e. The van der Waals surface area contributed by atoms with Crippen LogP contribution in [0.1, 0.15) is 17.5 Å². The summed E-state index contributed by atoms with van der Waals surface area (Å²) in [6, 6.07) is 4.54. The molecule has 21 heavy (non-hydrogen) atoms. The number of alkyl halides is 3. The van der Waals surface area contributed by atoms with Crippen molar-refractivity contribution in [3.8, 4) is 5.75 Å². The quantitative estimate of drug-likeness (QED) is 0.834. The van der Waals surface area contributed by atoms with Crippen LogP contribution in [0.15, 0.2) is 18.2 Å². The van der Waals surface area contributed by atoms with E-state index in [4.69, 9.17) is 4.74 Å². The highest BCUT2D eigenvalue weighted by Crippen LogP contribution is 2.25. The smallest absolute Gasteiger partial charge is 0.406 e. The molecule has 0 saturated carbocycles. The molecule has 0 unspecified atom stereocenters. The molecule has 1 fully saturated rings. The fourth-order valence-corrected chi connectivity index (χ4v) is 2.46. The van der Waals surface area contributed by atoms with Gasteiger partial charge in [-0.1, -0.05) is 6.07 Å². The van der Waals surface area contributed by atoms with Gasteiger partial charge in [0, 0.05) is 13.1 Å². The second-order valence-electron chi connectivity index (χ2n) is 5.19. The monoisotopic (exact) mass is 303 g/mol. The first-order valence-corrected chi connectivity index (χ1v) is 7.09. The molecule has 3 nitrogen and oxygen atoms in total. The third-order valence-electron chi connectivity index (χ3n) is 3.57. The first-order chi connectivity index (χ1) is 9.94. The van der Waals surface area contributed by atoms with Gasteiger partial charge < -0.3 is 9.47 Å². The number of nitrogens with zero attached hydrogens (tertiary/aromatic N) is 1. The average molecular weight is 303 g/mol. The average Bonchev–Trinajstić information content (AvgIpc) is 2.41. The maximum atomic E-state index is 12.1. The van der Waals surface area contributed by atoms with Crippen LogP contribution >= 0.6 is 0 Å². The Labute approximate surface area is 122 Å². The Bertz CT molecular complexity index is 457. The Morgan fingerprint density at radius 2 is 1.95 bits per heavy atom. The highest BCUT2D eigenvalue weighted by Gasteiger charge is 2.31. The normalized spacial score (nSPS) is 17.0. The fraction of sp³-hybridized carbons (Fsp3) is 0.600. The summed E-state index contributed by atoms with van der Waals surface area (Å²) in [4.78, 5) is 2.35. The van der Waals surface area contributed by atoms with Crippen LogP contribution < -0.4 is 4.74 Å². The molecule has 118 valence electrons. The van der Waals surface area contributed by atoms with Crippen molar-refractivity contribution in [1.82, 2.24) is 4.90 Å². The van der Waals surface area contributed by atoms with Crippen LogP contribution in [-0.4, -0.2) is 44.1 Å². The largest absolute Gasteiger partial charge is 0.573 e. The van der Waals surface area contributed by atoms with Crippen molar-refractivity contribution in [2.75, 3.05) is 32.8 Å². The second-order valence-corrected chi connectivity index (χ2v) is 5.19. The van der Waals surface area contributed by atoms with E-state index in [0.29, 0.717) is 0 Å². The van der Waals surface area contributed by atoms with Gasteiger partial charge in [-0.2, -0.15) is 0 Å². The summed E-state index contributed by atoms with van der Waals surface area (Å²) in [5.41, 5.74) is 1.90. The summed E-state index contributed by atoms with van der Waals surface area (Å²) in [6.07, 6.45) is -2.79. The van der Waals surface area contributed by atoms with Gasteiger partial charge in [0.15, 0.2) is 0 Å². The Kier molecular flexibility index (Phi) is 5.47.